The van der Waals surface area contributed by atoms with Gasteiger partial charge in [-0.1, -0.05) is 5.92 Å². The summed E-state index contributed by atoms with van der Waals surface area (Å²) in [6, 6.07) is 1.24. The molecular weight excluding hydrogens is 178 g/mol. The molecule has 0 spiro atoms. The first kappa shape index (κ1) is 9.20. The van der Waals surface area contributed by atoms with Crippen LogP contribution in [0.2, 0.25) is 0 Å². The average Bonchev–Trinajstić information content (AvgIpc) is 2.07. The standard InChI is InChI=1S/C9H4F2O2/c1-2-5-3-8(11)6(9(12)13)4-7(5)10/h1,3-4H,(H,12,13). The summed E-state index contributed by atoms with van der Waals surface area (Å²) in [7, 11) is 0. The molecule has 13 heavy (non-hydrogen) atoms. The van der Waals surface area contributed by atoms with E-state index in [1.165, 1.54) is 0 Å². The highest BCUT2D eigenvalue weighted by molar-refractivity contribution is 5.88. The van der Waals surface area contributed by atoms with Crippen LogP contribution in [0, 0.1) is 24.0 Å². The Bertz CT molecular complexity index is 405. The Labute approximate surface area is 72.8 Å². The molecule has 1 aromatic rings. The van der Waals surface area contributed by atoms with Gasteiger partial charge in [-0.15, -0.1) is 6.42 Å². The van der Waals surface area contributed by atoms with Crippen LogP contribution in [0.5, 0.6) is 0 Å². The van der Waals surface area contributed by atoms with Crippen LogP contribution >= 0.6 is 0 Å². The fourth-order valence-electron chi connectivity index (χ4n) is 0.821. The predicted octanol–water partition coefficient (Wildman–Crippen LogP) is 1.64. The van der Waals surface area contributed by atoms with Gasteiger partial charge in [-0.05, 0) is 12.1 Å². The van der Waals surface area contributed by atoms with E-state index in [9.17, 15) is 13.6 Å². The lowest BCUT2D eigenvalue weighted by Gasteiger charge is -1.99. The number of terminal acetylenes is 1. The molecule has 66 valence electrons. The molecule has 2 nitrogen and oxygen atoms in total. The fourth-order valence-corrected chi connectivity index (χ4v) is 0.821. The summed E-state index contributed by atoms with van der Waals surface area (Å²) in [6.07, 6.45) is 4.84. The molecule has 0 unspecified atom stereocenters. The van der Waals surface area contributed by atoms with E-state index < -0.39 is 23.2 Å². The molecule has 0 aliphatic heterocycles. The number of carboxylic acids is 1. The second-order valence-corrected chi connectivity index (χ2v) is 2.26. The van der Waals surface area contributed by atoms with Gasteiger partial charge in [0.2, 0.25) is 0 Å². The maximum Gasteiger partial charge on any atom is 0.338 e. The lowest BCUT2D eigenvalue weighted by atomic mass is 10.1. The first-order valence-electron chi connectivity index (χ1n) is 3.25. The van der Waals surface area contributed by atoms with Crippen LogP contribution in [0.4, 0.5) is 8.78 Å². The molecule has 0 aromatic heterocycles. The summed E-state index contributed by atoms with van der Waals surface area (Å²) in [5.41, 5.74) is -1.01. The molecule has 1 N–H and O–H groups in total. The van der Waals surface area contributed by atoms with Gasteiger partial charge in [-0.3, -0.25) is 0 Å². The number of halogens is 2. The van der Waals surface area contributed by atoms with Gasteiger partial charge in [0.1, 0.15) is 11.6 Å². The number of carbonyl (C=O) groups is 1. The molecule has 0 radical (unpaired) electrons. The van der Waals surface area contributed by atoms with E-state index in [1.54, 1.807) is 0 Å². The van der Waals surface area contributed by atoms with Crippen LogP contribution in [0.25, 0.3) is 0 Å². The minimum Gasteiger partial charge on any atom is -0.478 e. The van der Waals surface area contributed by atoms with Crippen LogP contribution in [0.1, 0.15) is 15.9 Å². The Morgan fingerprint density at radius 2 is 2.00 bits per heavy atom. The summed E-state index contributed by atoms with van der Waals surface area (Å²) < 4.78 is 25.6. The van der Waals surface area contributed by atoms with Gasteiger partial charge in [-0.2, -0.15) is 0 Å². The second-order valence-electron chi connectivity index (χ2n) is 2.26. The minimum atomic E-state index is -1.53. The molecular formula is C9H4F2O2. The fraction of sp³-hybridized carbons (Fsp3) is 0. The molecule has 0 fully saturated rings. The van der Waals surface area contributed by atoms with Crippen LogP contribution < -0.4 is 0 Å². The van der Waals surface area contributed by atoms with Gasteiger partial charge in [-0.25, -0.2) is 13.6 Å². The number of rotatable bonds is 1. The maximum atomic E-state index is 12.8. The molecule has 0 saturated carbocycles. The topological polar surface area (TPSA) is 37.3 Å². The molecule has 0 bridgehead atoms. The second kappa shape index (κ2) is 3.23. The van der Waals surface area contributed by atoms with E-state index in [0.29, 0.717) is 12.1 Å². The van der Waals surface area contributed by atoms with Crippen LogP contribution in [0.3, 0.4) is 0 Å². The van der Waals surface area contributed by atoms with E-state index >= 15 is 0 Å². The van der Waals surface area contributed by atoms with Crippen molar-refractivity contribution in [3.8, 4) is 12.3 Å². The Morgan fingerprint density at radius 1 is 1.38 bits per heavy atom. The van der Waals surface area contributed by atoms with E-state index in [0.717, 1.165) is 0 Å². The smallest absolute Gasteiger partial charge is 0.338 e. The normalized spacial score (nSPS) is 9.31. The van der Waals surface area contributed by atoms with Crippen molar-refractivity contribution in [3.63, 3.8) is 0 Å². The predicted molar refractivity (Wildman–Crippen MR) is 41.3 cm³/mol. The first-order valence-corrected chi connectivity index (χ1v) is 3.25. The van der Waals surface area contributed by atoms with Crippen molar-refractivity contribution in [2.45, 2.75) is 0 Å². The molecule has 4 heteroatoms. The van der Waals surface area contributed by atoms with E-state index in [4.69, 9.17) is 11.5 Å². The van der Waals surface area contributed by atoms with Gasteiger partial charge in [0, 0.05) is 0 Å². The molecule has 0 saturated heterocycles. The average molecular weight is 182 g/mol. The van der Waals surface area contributed by atoms with E-state index in [2.05, 4.69) is 0 Å². The van der Waals surface area contributed by atoms with Gasteiger partial charge in [0.25, 0.3) is 0 Å². The minimum absolute atomic E-state index is 0.289. The Morgan fingerprint density at radius 3 is 2.46 bits per heavy atom. The number of aromatic carboxylic acids is 1. The molecule has 0 heterocycles. The monoisotopic (exact) mass is 182 g/mol. The van der Waals surface area contributed by atoms with Crippen molar-refractivity contribution in [3.05, 3.63) is 34.9 Å². The van der Waals surface area contributed by atoms with Crippen molar-refractivity contribution in [2.75, 3.05) is 0 Å². The summed E-state index contributed by atoms with van der Waals surface area (Å²) in [5.74, 6) is -1.59. The molecule has 0 atom stereocenters. The lowest BCUT2D eigenvalue weighted by molar-refractivity contribution is 0.0691. The Kier molecular flexibility index (Phi) is 2.29. The van der Waals surface area contributed by atoms with Gasteiger partial charge >= 0.3 is 5.97 Å². The number of hydrogen-bond acceptors (Lipinski definition) is 1. The zero-order chi connectivity index (χ0) is 10.0. The Balaban J connectivity index is 3.39. The van der Waals surface area contributed by atoms with Crippen LogP contribution in [-0.4, -0.2) is 11.1 Å². The van der Waals surface area contributed by atoms with Crippen molar-refractivity contribution < 1.29 is 18.7 Å². The summed E-state index contributed by atoms with van der Waals surface area (Å²) in [5, 5.41) is 8.40. The van der Waals surface area contributed by atoms with Crippen molar-refractivity contribution in [2.24, 2.45) is 0 Å². The van der Waals surface area contributed by atoms with Crippen LogP contribution in [-0.2, 0) is 0 Å². The highest BCUT2D eigenvalue weighted by atomic mass is 19.1. The summed E-state index contributed by atoms with van der Waals surface area (Å²) >= 11 is 0. The third kappa shape index (κ3) is 1.64. The van der Waals surface area contributed by atoms with Crippen molar-refractivity contribution >= 4 is 5.97 Å². The molecule has 0 aliphatic carbocycles. The summed E-state index contributed by atoms with van der Waals surface area (Å²) in [6.45, 7) is 0. The zero-order valence-corrected chi connectivity index (χ0v) is 6.34. The highest BCUT2D eigenvalue weighted by Gasteiger charge is 2.13. The van der Waals surface area contributed by atoms with Gasteiger partial charge in [0.15, 0.2) is 0 Å². The molecule has 0 amide bonds. The largest absolute Gasteiger partial charge is 0.478 e. The third-order valence-electron chi connectivity index (χ3n) is 1.44. The van der Waals surface area contributed by atoms with Crippen LogP contribution in [0.15, 0.2) is 12.1 Å². The lowest BCUT2D eigenvalue weighted by Crippen LogP contribution is -2.02. The molecule has 1 aromatic carbocycles. The van der Waals surface area contributed by atoms with Gasteiger partial charge < -0.3 is 5.11 Å². The number of hydrogen-bond donors (Lipinski definition) is 1. The molecule has 1 rings (SSSR count). The van der Waals surface area contributed by atoms with E-state index in [-0.39, 0.29) is 5.56 Å². The quantitative estimate of drug-likeness (QED) is 0.670. The summed E-state index contributed by atoms with van der Waals surface area (Å²) in [4.78, 5) is 10.3. The van der Waals surface area contributed by atoms with Gasteiger partial charge in [0.05, 0.1) is 11.1 Å². The zero-order valence-electron chi connectivity index (χ0n) is 6.34. The molecule has 0 aliphatic rings. The first-order chi connectivity index (χ1) is 6.06. The number of carboxylic acid groups (broad SMARTS) is 1. The van der Waals surface area contributed by atoms with E-state index in [1.807, 2.05) is 5.92 Å². The van der Waals surface area contributed by atoms with Crippen molar-refractivity contribution in [1.29, 1.82) is 0 Å². The Hall–Kier alpha value is -1.89. The highest BCUT2D eigenvalue weighted by Crippen LogP contribution is 2.13. The SMILES string of the molecule is C#Cc1cc(F)c(C(=O)O)cc1F. The van der Waals surface area contributed by atoms with Crippen molar-refractivity contribution in [1.82, 2.24) is 0 Å². The maximum absolute atomic E-state index is 12.8. The third-order valence-corrected chi connectivity index (χ3v) is 1.44. The number of benzene rings is 1.